The zero-order valence-electron chi connectivity index (χ0n) is 15.9. The van der Waals surface area contributed by atoms with Crippen molar-refractivity contribution < 1.29 is 9.53 Å². The van der Waals surface area contributed by atoms with E-state index in [-0.39, 0.29) is 12.5 Å². The summed E-state index contributed by atoms with van der Waals surface area (Å²) < 4.78 is 5.75. The molecule has 0 aromatic heterocycles. The van der Waals surface area contributed by atoms with Gasteiger partial charge in [0.1, 0.15) is 5.75 Å². The molecule has 0 unspecified atom stereocenters. The third-order valence-corrected chi connectivity index (χ3v) is 5.09. The van der Waals surface area contributed by atoms with Crippen molar-refractivity contribution in [3.8, 4) is 11.8 Å². The van der Waals surface area contributed by atoms with Crippen molar-refractivity contribution in [1.29, 1.82) is 5.26 Å². The first kappa shape index (κ1) is 18.9. The summed E-state index contributed by atoms with van der Waals surface area (Å²) in [4.78, 5) is 16.6. The number of carbonyl (C=O) groups is 1. The monoisotopic (exact) mass is 363 g/mol. The molecule has 0 atom stereocenters. The average Bonchev–Trinajstić information content (AvgIpc) is 2.69. The molecular formula is C22H25N3O2. The molecular weight excluding hydrogens is 338 g/mol. The minimum Gasteiger partial charge on any atom is -0.483 e. The van der Waals surface area contributed by atoms with E-state index >= 15 is 0 Å². The van der Waals surface area contributed by atoms with Crippen LogP contribution < -0.4 is 4.74 Å². The highest BCUT2D eigenvalue weighted by atomic mass is 16.5. The SMILES string of the molecule is Cc1cccc(OCC(=O)N2CCN(Cc3cccc(C#N)c3)CC2)c1C. The summed E-state index contributed by atoms with van der Waals surface area (Å²) in [5.74, 6) is 0.807. The number of ether oxygens (including phenoxy) is 1. The van der Waals surface area contributed by atoms with Gasteiger partial charge in [-0.25, -0.2) is 0 Å². The fraction of sp³-hybridized carbons (Fsp3) is 0.364. The Morgan fingerprint density at radius 2 is 1.85 bits per heavy atom. The lowest BCUT2D eigenvalue weighted by Crippen LogP contribution is -2.49. The van der Waals surface area contributed by atoms with Crippen molar-refractivity contribution in [3.63, 3.8) is 0 Å². The smallest absolute Gasteiger partial charge is 0.260 e. The van der Waals surface area contributed by atoms with Gasteiger partial charge in [0.15, 0.2) is 6.61 Å². The van der Waals surface area contributed by atoms with Gasteiger partial charge in [0, 0.05) is 32.7 Å². The van der Waals surface area contributed by atoms with Gasteiger partial charge in [0.05, 0.1) is 11.6 Å². The number of piperazine rings is 1. The van der Waals surface area contributed by atoms with E-state index in [0.29, 0.717) is 18.7 Å². The largest absolute Gasteiger partial charge is 0.483 e. The lowest BCUT2D eigenvalue weighted by molar-refractivity contribution is -0.135. The van der Waals surface area contributed by atoms with Crippen LogP contribution in [0.5, 0.6) is 5.75 Å². The van der Waals surface area contributed by atoms with E-state index in [9.17, 15) is 4.79 Å². The van der Waals surface area contributed by atoms with Crippen LogP contribution in [0, 0.1) is 25.2 Å². The number of benzene rings is 2. The number of aryl methyl sites for hydroxylation is 1. The quantitative estimate of drug-likeness (QED) is 0.820. The summed E-state index contributed by atoms with van der Waals surface area (Å²) in [5.41, 5.74) is 4.06. The maximum absolute atomic E-state index is 12.5. The van der Waals surface area contributed by atoms with E-state index in [1.165, 1.54) is 0 Å². The molecule has 1 fully saturated rings. The molecule has 1 heterocycles. The predicted octanol–water partition coefficient (Wildman–Crippen LogP) is 2.90. The van der Waals surface area contributed by atoms with E-state index in [4.69, 9.17) is 10.00 Å². The fourth-order valence-electron chi connectivity index (χ4n) is 3.26. The van der Waals surface area contributed by atoms with Crippen LogP contribution in [-0.4, -0.2) is 48.5 Å². The van der Waals surface area contributed by atoms with Gasteiger partial charge in [0.2, 0.25) is 0 Å². The molecule has 0 radical (unpaired) electrons. The first-order valence-electron chi connectivity index (χ1n) is 9.25. The molecule has 1 amide bonds. The summed E-state index contributed by atoms with van der Waals surface area (Å²) in [6, 6.07) is 15.8. The van der Waals surface area contributed by atoms with E-state index in [0.717, 1.165) is 42.1 Å². The highest BCUT2D eigenvalue weighted by molar-refractivity contribution is 5.78. The topological polar surface area (TPSA) is 56.6 Å². The van der Waals surface area contributed by atoms with Crippen LogP contribution in [0.1, 0.15) is 22.3 Å². The van der Waals surface area contributed by atoms with Crippen LogP contribution in [0.2, 0.25) is 0 Å². The molecule has 5 heteroatoms. The third kappa shape index (κ3) is 4.87. The summed E-state index contributed by atoms with van der Waals surface area (Å²) in [6.45, 7) is 7.98. The van der Waals surface area contributed by atoms with Gasteiger partial charge in [-0.15, -0.1) is 0 Å². The van der Waals surface area contributed by atoms with Crippen molar-refractivity contribution in [2.45, 2.75) is 20.4 Å². The second kappa shape index (κ2) is 8.70. The van der Waals surface area contributed by atoms with Crippen molar-refractivity contribution in [2.24, 2.45) is 0 Å². The lowest BCUT2D eigenvalue weighted by Gasteiger charge is -2.34. The zero-order chi connectivity index (χ0) is 19.2. The predicted molar refractivity (Wildman–Crippen MR) is 104 cm³/mol. The molecule has 5 nitrogen and oxygen atoms in total. The number of rotatable bonds is 5. The first-order chi connectivity index (χ1) is 13.1. The molecule has 1 aliphatic heterocycles. The van der Waals surface area contributed by atoms with Gasteiger partial charge in [-0.1, -0.05) is 24.3 Å². The molecule has 1 aliphatic rings. The molecule has 0 bridgehead atoms. The van der Waals surface area contributed by atoms with E-state index in [1.54, 1.807) is 0 Å². The second-order valence-electron chi connectivity index (χ2n) is 6.96. The molecule has 2 aromatic carbocycles. The number of hydrogen-bond donors (Lipinski definition) is 0. The second-order valence-corrected chi connectivity index (χ2v) is 6.96. The van der Waals surface area contributed by atoms with Gasteiger partial charge >= 0.3 is 0 Å². The zero-order valence-corrected chi connectivity index (χ0v) is 15.9. The summed E-state index contributed by atoms with van der Waals surface area (Å²) >= 11 is 0. The van der Waals surface area contributed by atoms with Gasteiger partial charge < -0.3 is 9.64 Å². The number of nitrogens with zero attached hydrogens (tertiary/aromatic N) is 3. The van der Waals surface area contributed by atoms with Crippen LogP contribution in [0.15, 0.2) is 42.5 Å². The van der Waals surface area contributed by atoms with Crippen molar-refractivity contribution in [1.82, 2.24) is 9.80 Å². The molecule has 0 saturated carbocycles. The lowest BCUT2D eigenvalue weighted by atomic mass is 10.1. The van der Waals surface area contributed by atoms with Crippen molar-refractivity contribution in [2.75, 3.05) is 32.8 Å². The number of nitriles is 1. The first-order valence-corrected chi connectivity index (χ1v) is 9.25. The number of carbonyl (C=O) groups excluding carboxylic acids is 1. The maximum atomic E-state index is 12.5. The Morgan fingerprint density at radius 1 is 1.11 bits per heavy atom. The Hall–Kier alpha value is -2.84. The Bertz CT molecular complexity index is 849. The van der Waals surface area contributed by atoms with Crippen molar-refractivity contribution in [3.05, 3.63) is 64.7 Å². The number of hydrogen-bond acceptors (Lipinski definition) is 4. The third-order valence-electron chi connectivity index (χ3n) is 5.09. The molecule has 0 spiro atoms. The molecule has 140 valence electrons. The van der Waals surface area contributed by atoms with E-state index < -0.39 is 0 Å². The molecule has 3 rings (SSSR count). The molecule has 2 aromatic rings. The van der Waals surface area contributed by atoms with Crippen LogP contribution in [0.4, 0.5) is 0 Å². The molecule has 27 heavy (non-hydrogen) atoms. The van der Waals surface area contributed by atoms with Gasteiger partial charge in [-0.2, -0.15) is 5.26 Å². The minimum atomic E-state index is 0.0297. The highest BCUT2D eigenvalue weighted by Gasteiger charge is 2.21. The standard InChI is InChI=1S/C22H25N3O2/c1-17-5-3-8-21(18(17)2)27-16-22(26)25-11-9-24(10-12-25)15-20-7-4-6-19(13-20)14-23/h3-8,13H,9-12,15-16H2,1-2H3. The van der Waals surface area contributed by atoms with Crippen LogP contribution in [-0.2, 0) is 11.3 Å². The molecule has 1 saturated heterocycles. The highest BCUT2D eigenvalue weighted by Crippen LogP contribution is 2.20. The molecule has 0 aliphatic carbocycles. The van der Waals surface area contributed by atoms with Gasteiger partial charge in [-0.05, 0) is 48.7 Å². The Kier molecular flexibility index (Phi) is 6.10. The molecule has 0 N–H and O–H groups in total. The van der Waals surface area contributed by atoms with Crippen molar-refractivity contribution >= 4 is 5.91 Å². The fourth-order valence-corrected chi connectivity index (χ4v) is 3.26. The Balaban J connectivity index is 1.47. The Morgan fingerprint density at radius 3 is 2.59 bits per heavy atom. The normalized spacial score (nSPS) is 14.6. The van der Waals surface area contributed by atoms with E-state index in [2.05, 4.69) is 11.0 Å². The summed E-state index contributed by atoms with van der Waals surface area (Å²) in [7, 11) is 0. The van der Waals surface area contributed by atoms with Gasteiger partial charge in [-0.3, -0.25) is 9.69 Å². The summed E-state index contributed by atoms with van der Waals surface area (Å²) in [6.07, 6.45) is 0. The summed E-state index contributed by atoms with van der Waals surface area (Å²) in [5, 5.41) is 9.01. The number of amides is 1. The van der Waals surface area contributed by atoms with Crippen LogP contribution >= 0.6 is 0 Å². The van der Waals surface area contributed by atoms with Crippen LogP contribution in [0.3, 0.4) is 0 Å². The maximum Gasteiger partial charge on any atom is 0.260 e. The average molecular weight is 363 g/mol. The van der Waals surface area contributed by atoms with Crippen LogP contribution in [0.25, 0.3) is 0 Å². The Labute approximate surface area is 160 Å². The van der Waals surface area contributed by atoms with Gasteiger partial charge in [0.25, 0.3) is 5.91 Å². The minimum absolute atomic E-state index is 0.0297. The van der Waals surface area contributed by atoms with E-state index in [1.807, 2.05) is 61.2 Å².